The van der Waals surface area contributed by atoms with E-state index in [1.54, 1.807) is 19.9 Å². The molecule has 0 saturated carbocycles. The summed E-state index contributed by atoms with van der Waals surface area (Å²) in [6.45, 7) is 5.39. The van der Waals surface area contributed by atoms with Crippen LogP contribution in [0.5, 0.6) is 0 Å². The maximum atomic E-state index is 12.4. The fraction of sp³-hybridized carbons (Fsp3) is 0.250. The number of aromatic nitrogens is 4. The Labute approximate surface area is 118 Å². The van der Waals surface area contributed by atoms with Crippen LogP contribution in [0, 0.1) is 20.8 Å². The molecule has 0 aliphatic rings. The maximum Gasteiger partial charge on any atom is 0.258 e. The first-order chi connectivity index (χ1) is 9.54. The Hall–Kier alpha value is -2.35. The number of rotatable bonds is 2. The molecule has 0 spiro atoms. The summed E-state index contributed by atoms with van der Waals surface area (Å²) in [4.78, 5) is 16.6. The number of carbonyl (C=O) groups is 1. The Bertz CT molecular complexity index is 807. The second kappa shape index (κ2) is 4.64. The number of hydrogen-bond acceptors (Lipinski definition) is 7. The lowest BCUT2D eigenvalue weighted by Crippen LogP contribution is -2.13. The van der Waals surface area contributed by atoms with Gasteiger partial charge in [-0.05, 0) is 26.8 Å². The number of fused-ring (bicyclic) bond motifs is 1. The van der Waals surface area contributed by atoms with Gasteiger partial charge in [-0.2, -0.15) is 0 Å². The lowest BCUT2D eigenvalue weighted by atomic mass is 10.1. The minimum atomic E-state index is -0.275. The van der Waals surface area contributed by atoms with Crippen molar-refractivity contribution in [2.45, 2.75) is 20.8 Å². The first-order valence-electron chi connectivity index (χ1n) is 5.89. The highest BCUT2D eigenvalue weighted by molar-refractivity contribution is 7.15. The fourth-order valence-electron chi connectivity index (χ4n) is 1.91. The first-order valence-corrected chi connectivity index (χ1v) is 6.71. The zero-order valence-electron chi connectivity index (χ0n) is 11.1. The van der Waals surface area contributed by atoms with E-state index in [2.05, 4.69) is 25.7 Å². The topological polar surface area (TPSA) is 93.8 Å². The van der Waals surface area contributed by atoms with Crippen molar-refractivity contribution >= 4 is 33.5 Å². The second-order valence-corrected chi connectivity index (χ2v) is 5.52. The lowest BCUT2D eigenvalue weighted by Gasteiger charge is -2.03. The van der Waals surface area contributed by atoms with E-state index in [0.29, 0.717) is 33.2 Å². The molecule has 3 heterocycles. The van der Waals surface area contributed by atoms with Crippen molar-refractivity contribution in [2.24, 2.45) is 0 Å². The number of aryl methyl sites for hydroxylation is 3. The molecule has 0 aliphatic carbocycles. The van der Waals surface area contributed by atoms with Crippen molar-refractivity contribution in [3.05, 3.63) is 28.0 Å². The van der Waals surface area contributed by atoms with Crippen LogP contribution < -0.4 is 5.32 Å². The average molecular weight is 289 g/mol. The highest BCUT2D eigenvalue weighted by Gasteiger charge is 2.18. The van der Waals surface area contributed by atoms with E-state index in [1.165, 1.54) is 11.3 Å². The van der Waals surface area contributed by atoms with Crippen LogP contribution in [0.4, 0.5) is 5.13 Å². The van der Waals surface area contributed by atoms with Gasteiger partial charge in [0.2, 0.25) is 5.13 Å². The van der Waals surface area contributed by atoms with E-state index in [-0.39, 0.29) is 5.91 Å². The van der Waals surface area contributed by atoms with Crippen molar-refractivity contribution in [1.29, 1.82) is 0 Å². The molecular formula is C12H11N5O2S. The summed E-state index contributed by atoms with van der Waals surface area (Å²) in [5.41, 5.74) is 2.15. The summed E-state index contributed by atoms with van der Waals surface area (Å²) >= 11 is 1.32. The highest BCUT2D eigenvalue weighted by Crippen LogP contribution is 2.23. The van der Waals surface area contributed by atoms with Crippen LogP contribution in [0.1, 0.15) is 26.8 Å². The Kier molecular flexibility index (Phi) is 2.94. The first kappa shape index (κ1) is 12.7. The molecule has 20 heavy (non-hydrogen) atoms. The summed E-state index contributed by atoms with van der Waals surface area (Å²) in [7, 11) is 0. The molecule has 0 unspecified atom stereocenters. The summed E-state index contributed by atoms with van der Waals surface area (Å²) in [5.74, 6) is -0.275. The Morgan fingerprint density at radius 1 is 1.30 bits per heavy atom. The van der Waals surface area contributed by atoms with Gasteiger partial charge < -0.3 is 4.52 Å². The predicted molar refractivity (Wildman–Crippen MR) is 73.9 cm³/mol. The van der Waals surface area contributed by atoms with Crippen LogP contribution in [0.2, 0.25) is 0 Å². The number of carbonyl (C=O) groups excluding carboxylic acids is 1. The third-order valence-corrected chi connectivity index (χ3v) is 3.49. The molecule has 0 atom stereocenters. The van der Waals surface area contributed by atoms with E-state index in [4.69, 9.17) is 4.52 Å². The zero-order chi connectivity index (χ0) is 14.3. The molecule has 102 valence electrons. The molecule has 3 aromatic rings. The van der Waals surface area contributed by atoms with E-state index in [9.17, 15) is 4.79 Å². The van der Waals surface area contributed by atoms with Gasteiger partial charge in [-0.1, -0.05) is 16.5 Å². The quantitative estimate of drug-likeness (QED) is 0.777. The number of anilines is 1. The van der Waals surface area contributed by atoms with Crippen LogP contribution >= 0.6 is 11.3 Å². The van der Waals surface area contributed by atoms with Gasteiger partial charge in [-0.15, -0.1) is 10.2 Å². The molecule has 0 bridgehead atoms. The average Bonchev–Trinajstić information content (AvgIpc) is 2.95. The zero-order valence-corrected chi connectivity index (χ0v) is 11.9. The van der Waals surface area contributed by atoms with E-state index < -0.39 is 0 Å². The maximum absolute atomic E-state index is 12.4. The molecule has 0 fully saturated rings. The van der Waals surface area contributed by atoms with Crippen molar-refractivity contribution in [3.63, 3.8) is 0 Å². The molecule has 0 aromatic carbocycles. The van der Waals surface area contributed by atoms with Crippen LogP contribution in [-0.2, 0) is 0 Å². The smallest absolute Gasteiger partial charge is 0.258 e. The van der Waals surface area contributed by atoms with Gasteiger partial charge >= 0.3 is 0 Å². The van der Waals surface area contributed by atoms with Crippen molar-refractivity contribution in [2.75, 3.05) is 5.32 Å². The number of nitrogens with one attached hydrogen (secondary N) is 1. The van der Waals surface area contributed by atoms with Gasteiger partial charge in [0.15, 0.2) is 0 Å². The molecule has 0 aliphatic heterocycles. The molecule has 1 amide bonds. The van der Waals surface area contributed by atoms with Gasteiger partial charge in [0, 0.05) is 5.69 Å². The van der Waals surface area contributed by atoms with Gasteiger partial charge in [-0.3, -0.25) is 10.1 Å². The van der Waals surface area contributed by atoms with Crippen LogP contribution in [0.3, 0.4) is 0 Å². The minimum absolute atomic E-state index is 0.275. The van der Waals surface area contributed by atoms with Crippen LogP contribution in [0.15, 0.2) is 10.6 Å². The Morgan fingerprint density at radius 2 is 2.10 bits per heavy atom. The summed E-state index contributed by atoms with van der Waals surface area (Å²) in [6, 6.07) is 1.70. The SMILES string of the molecule is Cc1cc(C(=O)Nc2nnc(C)s2)c2c(C)noc2n1. The third kappa shape index (κ3) is 2.14. The van der Waals surface area contributed by atoms with Gasteiger partial charge in [0.25, 0.3) is 11.6 Å². The Balaban J connectivity index is 2.04. The molecule has 3 rings (SSSR count). The van der Waals surface area contributed by atoms with Gasteiger partial charge in [-0.25, -0.2) is 4.98 Å². The lowest BCUT2D eigenvalue weighted by molar-refractivity contribution is 0.102. The molecular weight excluding hydrogens is 278 g/mol. The molecule has 8 heteroatoms. The number of amides is 1. The van der Waals surface area contributed by atoms with E-state index in [1.807, 2.05) is 6.92 Å². The van der Waals surface area contributed by atoms with Crippen LogP contribution in [0.25, 0.3) is 11.1 Å². The Morgan fingerprint density at radius 3 is 2.80 bits per heavy atom. The fourth-order valence-corrected chi connectivity index (χ4v) is 2.50. The number of hydrogen-bond donors (Lipinski definition) is 1. The van der Waals surface area contributed by atoms with Crippen molar-refractivity contribution < 1.29 is 9.32 Å². The minimum Gasteiger partial charge on any atom is -0.336 e. The van der Waals surface area contributed by atoms with Crippen LogP contribution in [-0.4, -0.2) is 26.2 Å². The molecule has 0 radical (unpaired) electrons. The predicted octanol–water partition coefficient (Wildman–Crippen LogP) is 2.25. The van der Waals surface area contributed by atoms with Crippen molar-refractivity contribution in [1.82, 2.24) is 20.3 Å². The molecule has 7 nitrogen and oxygen atoms in total. The number of pyridine rings is 1. The summed E-state index contributed by atoms with van der Waals surface area (Å²) < 4.78 is 5.11. The normalized spacial score (nSPS) is 10.9. The van der Waals surface area contributed by atoms with Crippen molar-refractivity contribution in [3.8, 4) is 0 Å². The van der Waals surface area contributed by atoms with Gasteiger partial charge in [0.05, 0.1) is 16.6 Å². The molecule has 3 aromatic heterocycles. The summed E-state index contributed by atoms with van der Waals surface area (Å²) in [5, 5.41) is 16.2. The third-order valence-electron chi connectivity index (χ3n) is 2.74. The summed E-state index contributed by atoms with van der Waals surface area (Å²) in [6.07, 6.45) is 0. The largest absolute Gasteiger partial charge is 0.336 e. The highest BCUT2D eigenvalue weighted by atomic mass is 32.1. The molecule has 0 saturated heterocycles. The van der Waals surface area contributed by atoms with E-state index in [0.717, 1.165) is 5.01 Å². The van der Waals surface area contributed by atoms with Gasteiger partial charge in [0.1, 0.15) is 5.01 Å². The number of nitrogens with zero attached hydrogens (tertiary/aromatic N) is 4. The van der Waals surface area contributed by atoms with E-state index >= 15 is 0 Å². The second-order valence-electron chi connectivity index (χ2n) is 4.34. The monoisotopic (exact) mass is 289 g/mol. The molecule has 1 N–H and O–H groups in total. The standard InChI is InChI=1S/C12H11N5O2S/c1-5-4-8(9-6(2)17-19-11(9)13-5)10(18)14-12-16-15-7(3)20-12/h4H,1-3H3,(H,14,16,18).